The van der Waals surface area contributed by atoms with Crippen molar-refractivity contribution in [1.82, 2.24) is 5.32 Å². The Morgan fingerprint density at radius 2 is 1.77 bits per heavy atom. The van der Waals surface area contributed by atoms with E-state index in [9.17, 15) is 4.79 Å². The minimum atomic E-state index is -0.220. The summed E-state index contributed by atoms with van der Waals surface area (Å²) in [5, 5.41) is 3.00. The molecular weight excluding hydrogens is 482 g/mol. The van der Waals surface area contributed by atoms with E-state index >= 15 is 0 Å². The van der Waals surface area contributed by atoms with E-state index in [4.69, 9.17) is 9.47 Å². The van der Waals surface area contributed by atoms with Crippen molar-refractivity contribution in [1.29, 1.82) is 0 Å². The van der Waals surface area contributed by atoms with E-state index in [2.05, 4.69) is 46.0 Å². The van der Waals surface area contributed by atoms with Gasteiger partial charge in [0.05, 0.1) is 0 Å². The smallest absolute Gasteiger partial charge is 0.407 e. The summed E-state index contributed by atoms with van der Waals surface area (Å²) in [4.78, 5) is 12.5. The molecule has 0 aromatic rings. The lowest BCUT2D eigenvalue weighted by atomic mass is 9.47. The maximum atomic E-state index is 12.5. The number of hydrogen-bond donors (Lipinski definition) is 1. The monoisotopic (exact) mass is 543 g/mol. The lowest BCUT2D eigenvalue weighted by Crippen LogP contribution is -2.51. The zero-order valence-electron chi connectivity index (χ0n) is 26.4. The van der Waals surface area contributed by atoms with Gasteiger partial charge < -0.3 is 14.8 Å². The van der Waals surface area contributed by atoms with Crippen molar-refractivity contribution in [3.05, 3.63) is 11.6 Å². The van der Waals surface area contributed by atoms with Crippen molar-refractivity contribution in [2.24, 2.45) is 46.3 Å². The third-order valence-corrected chi connectivity index (χ3v) is 12.1. The largest absolute Gasteiger partial charge is 0.446 e. The standard InChI is InChI=1S/C35H61NO3/c1-25(2)12-11-13-26(3)30-16-17-31-29-15-14-27-24-28(39-33(37)36-22-9-7-8-10-23-38-6)18-20-34(27,4)32(29)19-21-35(30,31)5/h14,25-26,28-32H,7-13,15-24H2,1-6H3,(H,36,37)/t26-,28+,29?,30?,31?,32?,34+,35-/m1/s1. The summed E-state index contributed by atoms with van der Waals surface area (Å²) >= 11 is 0. The number of allylic oxidation sites excluding steroid dienone is 1. The molecule has 4 nitrogen and oxygen atoms in total. The molecule has 0 saturated heterocycles. The van der Waals surface area contributed by atoms with Crippen LogP contribution in [0.4, 0.5) is 4.79 Å². The maximum Gasteiger partial charge on any atom is 0.407 e. The fourth-order valence-corrected chi connectivity index (χ4v) is 9.86. The van der Waals surface area contributed by atoms with Crippen LogP contribution in [0.1, 0.15) is 131 Å². The zero-order valence-corrected chi connectivity index (χ0v) is 26.4. The first-order chi connectivity index (χ1) is 18.7. The molecule has 4 unspecified atom stereocenters. The number of rotatable bonds is 13. The van der Waals surface area contributed by atoms with Gasteiger partial charge in [0.25, 0.3) is 0 Å². The Hall–Kier alpha value is -1.03. The van der Waals surface area contributed by atoms with Crippen LogP contribution >= 0.6 is 0 Å². The number of carbonyl (C=O) groups excluding carboxylic acids is 1. The van der Waals surface area contributed by atoms with Gasteiger partial charge in [-0.2, -0.15) is 0 Å². The van der Waals surface area contributed by atoms with Crippen molar-refractivity contribution in [2.45, 2.75) is 137 Å². The Morgan fingerprint density at radius 3 is 2.54 bits per heavy atom. The van der Waals surface area contributed by atoms with Gasteiger partial charge in [0.15, 0.2) is 0 Å². The molecule has 1 N–H and O–H groups in total. The number of fused-ring (bicyclic) bond motifs is 5. The molecule has 224 valence electrons. The van der Waals surface area contributed by atoms with Crippen molar-refractivity contribution in [3.8, 4) is 0 Å². The number of amides is 1. The Labute approximate surface area is 240 Å². The number of ether oxygens (including phenoxy) is 2. The number of carbonyl (C=O) groups is 1. The molecule has 4 aliphatic carbocycles. The molecule has 39 heavy (non-hydrogen) atoms. The highest BCUT2D eigenvalue weighted by Crippen LogP contribution is 2.67. The quantitative estimate of drug-likeness (QED) is 0.186. The third-order valence-electron chi connectivity index (χ3n) is 12.1. The van der Waals surface area contributed by atoms with Crippen molar-refractivity contribution < 1.29 is 14.3 Å². The average Bonchev–Trinajstić information content (AvgIpc) is 3.25. The van der Waals surface area contributed by atoms with Crippen LogP contribution in [0.15, 0.2) is 11.6 Å². The van der Waals surface area contributed by atoms with Crippen molar-refractivity contribution >= 4 is 6.09 Å². The lowest BCUT2D eigenvalue weighted by molar-refractivity contribution is -0.0581. The van der Waals surface area contributed by atoms with Crippen LogP contribution in [0, 0.1) is 46.3 Å². The highest BCUT2D eigenvalue weighted by Gasteiger charge is 2.59. The van der Waals surface area contributed by atoms with Gasteiger partial charge >= 0.3 is 6.09 Å². The second kappa shape index (κ2) is 13.8. The van der Waals surface area contributed by atoms with Crippen molar-refractivity contribution in [2.75, 3.05) is 20.3 Å². The Morgan fingerprint density at radius 1 is 0.974 bits per heavy atom. The summed E-state index contributed by atoms with van der Waals surface area (Å²) in [6, 6.07) is 0. The number of nitrogens with one attached hydrogen (secondary N) is 1. The molecule has 0 aromatic heterocycles. The van der Waals surface area contributed by atoms with E-state index < -0.39 is 0 Å². The maximum absolute atomic E-state index is 12.5. The van der Waals surface area contributed by atoms with Crippen LogP contribution < -0.4 is 5.32 Å². The van der Waals surface area contributed by atoms with Crippen LogP contribution in [0.25, 0.3) is 0 Å². The minimum Gasteiger partial charge on any atom is -0.446 e. The Bertz CT molecular complexity index is 823. The summed E-state index contributed by atoms with van der Waals surface area (Å²) in [6.07, 6.45) is 21.1. The van der Waals surface area contributed by atoms with E-state index in [-0.39, 0.29) is 12.2 Å². The van der Waals surface area contributed by atoms with Crippen LogP contribution in [-0.2, 0) is 9.47 Å². The van der Waals surface area contributed by atoms with E-state index in [0.29, 0.717) is 17.4 Å². The number of hydrogen-bond acceptors (Lipinski definition) is 3. The molecule has 0 aromatic carbocycles. The van der Waals surface area contributed by atoms with Gasteiger partial charge in [-0.25, -0.2) is 4.79 Å². The highest BCUT2D eigenvalue weighted by molar-refractivity contribution is 5.67. The fourth-order valence-electron chi connectivity index (χ4n) is 9.86. The molecule has 1 amide bonds. The molecule has 0 bridgehead atoms. The Kier molecular flexibility index (Phi) is 10.9. The van der Waals surface area contributed by atoms with Crippen LogP contribution in [0.3, 0.4) is 0 Å². The van der Waals surface area contributed by atoms with Gasteiger partial charge in [-0.15, -0.1) is 0 Å². The number of unbranched alkanes of at least 4 members (excludes halogenated alkanes) is 3. The molecule has 4 rings (SSSR count). The molecule has 0 heterocycles. The van der Waals surface area contributed by atoms with Gasteiger partial charge in [-0.3, -0.25) is 0 Å². The fraction of sp³-hybridized carbons (Fsp3) is 0.914. The first kappa shape index (κ1) is 30.9. The second-order valence-corrected chi connectivity index (χ2v) is 14.9. The first-order valence-electron chi connectivity index (χ1n) is 16.8. The van der Waals surface area contributed by atoms with Gasteiger partial charge in [-0.05, 0) is 104 Å². The summed E-state index contributed by atoms with van der Waals surface area (Å²) in [7, 11) is 1.75. The molecule has 3 fully saturated rings. The highest BCUT2D eigenvalue weighted by atomic mass is 16.6. The predicted molar refractivity (Wildman–Crippen MR) is 162 cm³/mol. The number of methoxy groups -OCH3 is 1. The average molecular weight is 544 g/mol. The molecule has 3 saturated carbocycles. The summed E-state index contributed by atoms with van der Waals surface area (Å²) in [5.41, 5.74) is 2.46. The van der Waals surface area contributed by atoms with Crippen LogP contribution in [0.2, 0.25) is 0 Å². The van der Waals surface area contributed by atoms with Gasteiger partial charge in [0, 0.05) is 26.7 Å². The van der Waals surface area contributed by atoms with Gasteiger partial charge in [-0.1, -0.05) is 78.4 Å². The minimum absolute atomic E-state index is 0.0407. The zero-order chi connectivity index (χ0) is 28.0. The lowest BCUT2D eigenvalue weighted by Gasteiger charge is -2.58. The molecular formula is C35H61NO3. The van der Waals surface area contributed by atoms with E-state index in [0.717, 1.165) is 80.6 Å². The predicted octanol–water partition coefficient (Wildman–Crippen LogP) is 9.33. The summed E-state index contributed by atoms with van der Waals surface area (Å²) < 4.78 is 11.0. The van der Waals surface area contributed by atoms with E-state index in [1.807, 2.05) is 0 Å². The van der Waals surface area contributed by atoms with E-state index in [1.54, 1.807) is 12.7 Å². The molecule has 8 atom stereocenters. The number of alkyl carbamates (subject to hydrolysis) is 1. The summed E-state index contributed by atoms with van der Waals surface area (Å²) in [6.45, 7) is 14.1. The molecule has 0 radical (unpaired) electrons. The molecule has 4 heteroatoms. The molecule has 0 aliphatic heterocycles. The van der Waals surface area contributed by atoms with Gasteiger partial charge in [0.2, 0.25) is 0 Å². The van der Waals surface area contributed by atoms with Crippen LogP contribution in [-0.4, -0.2) is 32.5 Å². The van der Waals surface area contributed by atoms with Gasteiger partial charge in [0.1, 0.15) is 6.10 Å². The van der Waals surface area contributed by atoms with Crippen molar-refractivity contribution in [3.63, 3.8) is 0 Å². The third kappa shape index (κ3) is 7.07. The Balaban J connectivity index is 1.29. The first-order valence-corrected chi connectivity index (χ1v) is 16.8. The second-order valence-electron chi connectivity index (χ2n) is 14.9. The summed E-state index contributed by atoms with van der Waals surface area (Å²) in [5.74, 6) is 5.20. The van der Waals surface area contributed by atoms with E-state index in [1.165, 1.54) is 57.8 Å². The SMILES string of the molecule is COCCCCCCNC(=O)O[C@H]1CC[C@@]2(C)C(=CCC3C4CCC([C@H](C)CCCC(C)C)[C@@]4(C)CCC32)C1. The van der Waals surface area contributed by atoms with Crippen LogP contribution in [0.5, 0.6) is 0 Å². The topological polar surface area (TPSA) is 47.6 Å². The molecule has 0 spiro atoms. The normalized spacial score (nSPS) is 36.5. The molecule has 4 aliphatic rings.